The maximum Gasteiger partial charge on any atom is 0.164 e. The topological polar surface area (TPSA) is 18.5 Å². The van der Waals surface area contributed by atoms with Crippen LogP contribution in [0.5, 0.6) is 11.5 Å². The minimum absolute atomic E-state index is 0.288. The van der Waals surface area contributed by atoms with E-state index >= 15 is 0 Å². The molecule has 64 valence electrons. The lowest BCUT2D eigenvalue weighted by Crippen LogP contribution is -2.05. The van der Waals surface area contributed by atoms with E-state index in [0.29, 0.717) is 0 Å². The van der Waals surface area contributed by atoms with Crippen molar-refractivity contribution in [1.29, 1.82) is 0 Å². The number of hydrogen-bond acceptors (Lipinski definition) is 2. The van der Waals surface area contributed by atoms with Gasteiger partial charge >= 0.3 is 0 Å². The smallest absolute Gasteiger partial charge is 0.164 e. The summed E-state index contributed by atoms with van der Waals surface area (Å²) in [6.45, 7) is 2.07. The molecular formula is C10H12O2. The van der Waals surface area contributed by atoms with E-state index in [4.69, 9.17) is 9.47 Å². The Bertz CT molecular complexity index is 294. The molecule has 0 amide bonds. The van der Waals surface area contributed by atoms with Gasteiger partial charge in [0.25, 0.3) is 0 Å². The zero-order valence-corrected chi connectivity index (χ0v) is 7.33. The fourth-order valence-electron chi connectivity index (χ4n) is 1.57. The molecule has 1 aliphatic rings. The van der Waals surface area contributed by atoms with E-state index in [1.807, 2.05) is 12.1 Å². The van der Waals surface area contributed by atoms with Gasteiger partial charge in [-0.15, -0.1) is 0 Å². The van der Waals surface area contributed by atoms with Gasteiger partial charge in [0.05, 0.1) is 7.11 Å². The van der Waals surface area contributed by atoms with Gasteiger partial charge in [-0.05, 0) is 13.0 Å². The van der Waals surface area contributed by atoms with Crippen molar-refractivity contribution in [2.45, 2.75) is 19.4 Å². The van der Waals surface area contributed by atoms with Crippen LogP contribution < -0.4 is 9.47 Å². The SMILES string of the molecule is COc1cccc2c1OC(C)C2. The molecule has 0 aromatic heterocycles. The van der Waals surface area contributed by atoms with E-state index in [2.05, 4.69) is 13.0 Å². The van der Waals surface area contributed by atoms with Crippen molar-refractivity contribution in [1.82, 2.24) is 0 Å². The Labute approximate surface area is 72.1 Å². The predicted octanol–water partition coefficient (Wildman–Crippen LogP) is 2.02. The van der Waals surface area contributed by atoms with Crippen LogP contribution in [0.2, 0.25) is 0 Å². The summed E-state index contributed by atoms with van der Waals surface area (Å²) in [5.41, 5.74) is 1.25. The summed E-state index contributed by atoms with van der Waals surface area (Å²) >= 11 is 0. The molecule has 0 fully saturated rings. The molecule has 12 heavy (non-hydrogen) atoms. The second-order valence-electron chi connectivity index (χ2n) is 3.08. The molecule has 0 saturated heterocycles. The van der Waals surface area contributed by atoms with Gasteiger partial charge in [0.15, 0.2) is 11.5 Å². The van der Waals surface area contributed by atoms with Gasteiger partial charge in [-0.2, -0.15) is 0 Å². The number of benzene rings is 1. The first-order chi connectivity index (χ1) is 5.81. The van der Waals surface area contributed by atoms with Gasteiger partial charge in [-0.3, -0.25) is 0 Å². The Morgan fingerprint density at radius 1 is 1.50 bits per heavy atom. The van der Waals surface area contributed by atoms with E-state index < -0.39 is 0 Å². The second-order valence-corrected chi connectivity index (χ2v) is 3.08. The third-order valence-corrected chi connectivity index (χ3v) is 2.11. The Morgan fingerprint density at radius 2 is 2.33 bits per heavy atom. The molecule has 2 nitrogen and oxygen atoms in total. The molecule has 1 heterocycles. The summed E-state index contributed by atoms with van der Waals surface area (Å²) in [4.78, 5) is 0. The number of rotatable bonds is 1. The summed E-state index contributed by atoms with van der Waals surface area (Å²) < 4.78 is 10.8. The van der Waals surface area contributed by atoms with Crippen LogP contribution >= 0.6 is 0 Å². The van der Waals surface area contributed by atoms with E-state index in [0.717, 1.165) is 17.9 Å². The lowest BCUT2D eigenvalue weighted by atomic mass is 10.1. The first-order valence-electron chi connectivity index (χ1n) is 4.14. The summed E-state index contributed by atoms with van der Waals surface area (Å²) in [6.07, 6.45) is 1.28. The Balaban J connectivity index is 2.44. The van der Waals surface area contributed by atoms with Gasteiger partial charge in [0.2, 0.25) is 0 Å². The zero-order valence-electron chi connectivity index (χ0n) is 7.33. The molecule has 0 bridgehead atoms. The lowest BCUT2D eigenvalue weighted by molar-refractivity contribution is 0.243. The number of para-hydroxylation sites is 1. The Morgan fingerprint density at radius 3 is 3.08 bits per heavy atom. The highest BCUT2D eigenvalue weighted by Gasteiger charge is 2.21. The molecular weight excluding hydrogens is 152 g/mol. The predicted molar refractivity (Wildman–Crippen MR) is 46.8 cm³/mol. The van der Waals surface area contributed by atoms with Crippen LogP contribution in [-0.4, -0.2) is 13.2 Å². The molecule has 1 unspecified atom stereocenters. The van der Waals surface area contributed by atoms with Gasteiger partial charge in [-0.1, -0.05) is 12.1 Å². The largest absolute Gasteiger partial charge is 0.493 e. The monoisotopic (exact) mass is 164 g/mol. The molecule has 0 spiro atoms. The molecule has 0 N–H and O–H groups in total. The van der Waals surface area contributed by atoms with Crippen LogP contribution in [0, 0.1) is 0 Å². The van der Waals surface area contributed by atoms with Gasteiger partial charge in [-0.25, -0.2) is 0 Å². The number of hydrogen-bond donors (Lipinski definition) is 0. The average molecular weight is 164 g/mol. The lowest BCUT2D eigenvalue weighted by Gasteiger charge is -2.06. The van der Waals surface area contributed by atoms with Crippen LogP contribution in [-0.2, 0) is 6.42 Å². The summed E-state index contributed by atoms with van der Waals surface area (Å²) in [6, 6.07) is 6.01. The molecule has 2 rings (SSSR count). The van der Waals surface area contributed by atoms with Crippen molar-refractivity contribution in [2.24, 2.45) is 0 Å². The van der Waals surface area contributed by atoms with Crippen molar-refractivity contribution < 1.29 is 9.47 Å². The fourth-order valence-corrected chi connectivity index (χ4v) is 1.57. The molecule has 1 aliphatic heterocycles. The average Bonchev–Trinajstić information content (AvgIpc) is 2.44. The number of ether oxygens (including phenoxy) is 2. The van der Waals surface area contributed by atoms with Crippen LogP contribution in [0.3, 0.4) is 0 Å². The van der Waals surface area contributed by atoms with Gasteiger partial charge in [0, 0.05) is 12.0 Å². The normalized spacial score (nSPS) is 20.0. The van der Waals surface area contributed by atoms with Crippen LogP contribution in [0.1, 0.15) is 12.5 Å². The summed E-state index contributed by atoms with van der Waals surface area (Å²) in [7, 11) is 1.67. The Hall–Kier alpha value is -1.18. The van der Waals surface area contributed by atoms with E-state index in [-0.39, 0.29) is 6.10 Å². The zero-order chi connectivity index (χ0) is 8.55. The molecule has 0 saturated carbocycles. The molecule has 1 aromatic carbocycles. The van der Waals surface area contributed by atoms with E-state index in [9.17, 15) is 0 Å². The standard InChI is InChI=1S/C10H12O2/c1-7-6-8-4-3-5-9(11-2)10(8)12-7/h3-5,7H,6H2,1-2H3. The first kappa shape index (κ1) is 7.47. The van der Waals surface area contributed by atoms with Crippen molar-refractivity contribution in [3.8, 4) is 11.5 Å². The Kier molecular flexibility index (Phi) is 1.68. The van der Waals surface area contributed by atoms with Crippen LogP contribution in [0.15, 0.2) is 18.2 Å². The van der Waals surface area contributed by atoms with Crippen LogP contribution in [0.25, 0.3) is 0 Å². The molecule has 1 aromatic rings. The van der Waals surface area contributed by atoms with Crippen molar-refractivity contribution in [3.63, 3.8) is 0 Å². The molecule has 2 heteroatoms. The van der Waals surface area contributed by atoms with Gasteiger partial charge < -0.3 is 9.47 Å². The quantitative estimate of drug-likeness (QED) is 0.632. The minimum Gasteiger partial charge on any atom is -0.493 e. The molecule has 0 aliphatic carbocycles. The number of methoxy groups -OCH3 is 1. The highest BCUT2D eigenvalue weighted by molar-refractivity contribution is 5.49. The highest BCUT2D eigenvalue weighted by atomic mass is 16.5. The van der Waals surface area contributed by atoms with Gasteiger partial charge in [0.1, 0.15) is 6.10 Å². The van der Waals surface area contributed by atoms with E-state index in [1.165, 1.54) is 5.56 Å². The number of fused-ring (bicyclic) bond motifs is 1. The first-order valence-corrected chi connectivity index (χ1v) is 4.14. The fraction of sp³-hybridized carbons (Fsp3) is 0.400. The van der Waals surface area contributed by atoms with Crippen molar-refractivity contribution in [2.75, 3.05) is 7.11 Å². The molecule has 0 radical (unpaired) electrons. The highest BCUT2D eigenvalue weighted by Crippen LogP contribution is 2.37. The van der Waals surface area contributed by atoms with Crippen molar-refractivity contribution in [3.05, 3.63) is 23.8 Å². The third-order valence-electron chi connectivity index (χ3n) is 2.11. The van der Waals surface area contributed by atoms with Crippen LogP contribution in [0.4, 0.5) is 0 Å². The minimum atomic E-state index is 0.288. The summed E-state index contributed by atoms with van der Waals surface area (Å²) in [5.74, 6) is 1.77. The van der Waals surface area contributed by atoms with Crippen molar-refractivity contribution >= 4 is 0 Å². The second kappa shape index (κ2) is 2.70. The third kappa shape index (κ3) is 1.04. The van der Waals surface area contributed by atoms with E-state index in [1.54, 1.807) is 7.11 Å². The molecule has 1 atom stereocenters. The maximum absolute atomic E-state index is 5.60. The maximum atomic E-state index is 5.60. The summed E-state index contributed by atoms with van der Waals surface area (Å²) in [5, 5.41) is 0.